The van der Waals surface area contributed by atoms with Crippen molar-refractivity contribution in [3.8, 4) is 0 Å². The minimum Gasteiger partial charge on any atom is -0.368 e. The van der Waals surface area contributed by atoms with Crippen LogP contribution in [0.3, 0.4) is 0 Å². The number of hydrogen-bond acceptors (Lipinski definition) is 3. The molecule has 0 aliphatic carbocycles. The topological polar surface area (TPSA) is 75.4 Å². The van der Waals surface area contributed by atoms with E-state index in [-0.39, 0.29) is 24.9 Å². The molecule has 1 fully saturated rings. The van der Waals surface area contributed by atoms with Crippen molar-refractivity contribution in [1.82, 2.24) is 10.2 Å². The van der Waals surface area contributed by atoms with Crippen LogP contribution in [0.5, 0.6) is 0 Å². The second-order valence-electron chi connectivity index (χ2n) is 4.90. The zero-order valence-corrected chi connectivity index (χ0v) is 11.1. The van der Waals surface area contributed by atoms with E-state index in [2.05, 4.69) is 5.32 Å². The molecule has 2 amide bonds. The molecular formula is C14H18FN3O2. The van der Waals surface area contributed by atoms with Crippen LogP contribution in [0.4, 0.5) is 4.39 Å². The van der Waals surface area contributed by atoms with Crippen molar-refractivity contribution < 1.29 is 14.0 Å². The number of carbonyl (C=O) groups is 2. The van der Waals surface area contributed by atoms with Crippen molar-refractivity contribution in [2.45, 2.75) is 18.9 Å². The molecule has 1 aliphatic rings. The summed E-state index contributed by atoms with van der Waals surface area (Å²) in [5, 5.41) is 3.14. The molecule has 0 radical (unpaired) electrons. The molecule has 0 saturated carbocycles. The molecule has 0 spiro atoms. The Morgan fingerprint density at radius 3 is 2.75 bits per heavy atom. The minimum absolute atomic E-state index is 0.0539. The number of nitrogens with zero attached hydrogens (tertiary/aromatic N) is 1. The molecule has 1 aliphatic heterocycles. The highest BCUT2D eigenvalue weighted by Gasteiger charge is 2.27. The Kier molecular flexibility index (Phi) is 4.68. The number of carbonyl (C=O) groups excluding carboxylic acids is 2. The lowest BCUT2D eigenvalue weighted by Crippen LogP contribution is -2.46. The molecule has 108 valence electrons. The maximum Gasteiger partial charge on any atom is 0.237 e. The first-order chi connectivity index (χ1) is 9.58. The largest absolute Gasteiger partial charge is 0.368 e. The van der Waals surface area contributed by atoms with E-state index in [0.717, 1.165) is 13.0 Å². The van der Waals surface area contributed by atoms with E-state index < -0.39 is 11.7 Å². The number of halogens is 1. The monoisotopic (exact) mass is 279 g/mol. The molecule has 1 heterocycles. The molecule has 3 N–H and O–H groups in total. The second-order valence-corrected chi connectivity index (χ2v) is 4.90. The van der Waals surface area contributed by atoms with Crippen molar-refractivity contribution in [3.05, 3.63) is 35.6 Å². The number of rotatable bonds is 5. The summed E-state index contributed by atoms with van der Waals surface area (Å²) in [6.45, 7) is 1.31. The summed E-state index contributed by atoms with van der Waals surface area (Å²) in [5.41, 5.74) is 5.53. The van der Waals surface area contributed by atoms with E-state index in [0.29, 0.717) is 12.1 Å². The van der Waals surface area contributed by atoms with Gasteiger partial charge in [0.05, 0.1) is 13.0 Å². The Labute approximate surface area is 116 Å². The van der Waals surface area contributed by atoms with E-state index in [4.69, 9.17) is 5.73 Å². The highest BCUT2D eigenvalue weighted by Crippen LogP contribution is 2.13. The zero-order chi connectivity index (χ0) is 14.5. The van der Waals surface area contributed by atoms with E-state index >= 15 is 0 Å². The smallest absolute Gasteiger partial charge is 0.237 e. The van der Waals surface area contributed by atoms with Gasteiger partial charge in [-0.3, -0.25) is 9.59 Å². The highest BCUT2D eigenvalue weighted by molar-refractivity contribution is 5.85. The summed E-state index contributed by atoms with van der Waals surface area (Å²) in [6, 6.07) is 6.09. The Balaban J connectivity index is 2.09. The summed E-state index contributed by atoms with van der Waals surface area (Å²) < 4.78 is 13.6. The van der Waals surface area contributed by atoms with Gasteiger partial charge < -0.3 is 16.0 Å². The number of nitrogens with two attached hydrogens (primary N) is 1. The SMILES string of the molecule is NC(=O)CN(C(=O)Cc1ccccc1F)C1CCNC1. The third-order valence-corrected chi connectivity index (χ3v) is 3.42. The Bertz CT molecular complexity index is 501. The Morgan fingerprint density at radius 2 is 2.15 bits per heavy atom. The van der Waals surface area contributed by atoms with Crippen LogP contribution in [0, 0.1) is 5.82 Å². The van der Waals surface area contributed by atoms with E-state index in [1.54, 1.807) is 18.2 Å². The van der Waals surface area contributed by atoms with Gasteiger partial charge in [-0.05, 0) is 24.6 Å². The maximum atomic E-state index is 13.6. The number of hydrogen-bond donors (Lipinski definition) is 2. The van der Waals surface area contributed by atoms with Gasteiger partial charge >= 0.3 is 0 Å². The Hall–Kier alpha value is -1.95. The van der Waals surface area contributed by atoms with Crippen LogP contribution in [0.15, 0.2) is 24.3 Å². The minimum atomic E-state index is -0.557. The van der Waals surface area contributed by atoms with Crippen LogP contribution in [0.25, 0.3) is 0 Å². The van der Waals surface area contributed by atoms with Gasteiger partial charge in [0.2, 0.25) is 11.8 Å². The maximum absolute atomic E-state index is 13.6. The lowest BCUT2D eigenvalue weighted by molar-refractivity contribution is -0.136. The molecular weight excluding hydrogens is 261 g/mol. The van der Waals surface area contributed by atoms with Crippen molar-refractivity contribution in [2.75, 3.05) is 19.6 Å². The van der Waals surface area contributed by atoms with Crippen LogP contribution in [-0.4, -0.2) is 42.4 Å². The van der Waals surface area contributed by atoms with Gasteiger partial charge in [0.1, 0.15) is 5.82 Å². The van der Waals surface area contributed by atoms with Crippen molar-refractivity contribution in [1.29, 1.82) is 0 Å². The first-order valence-electron chi connectivity index (χ1n) is 6.60. The zero-order valence-electron chi connectivity index (χ0n) is 11.1. The summed E-state index contributed by atoms with van der Waals surface area (Å²) in [5.74, 6) is -1.24. The van der Waals surface area contributed by atoms with Crippen LogP contribution in [0.2, 0.25) is 0 Å². The molecule has 2 rings (SSSR count). The first-order valence-corrected chi connectivity index (χ1v) is 6.60. The molecule has 5 nitrogen and oxygen atoms in total. The molecule has 1 unspecified atom stereocenters. The summed E-state index contributed by atoms with van der Waals surface area (Å²) in [6.07, 6.45) is 0.715. The lowest BCUT2D eigenvalue weighted by atomic mass is 10.1. The van der Waals surface area contributed by atoms with Crippen molar-refractivity contribution in [3.63, 3.8) is 0 Å². The molecule has 1 aromatic carbocycles. The summed E-state index contributed by atoms with van der Waals surface area (Å²) in [7, 11) is 0. The van der Waals surface area contributed by atoms with Crippen LogP contribution < -0.4 is 11.1 Å². The van der Waals surface area contributed by atoms with E-state index in [1.807, 2.05) is 0 Å². The fourth-order valence-electron chi connectivity index (χ4n) is 2.40. The quantitative estimate of drug-likeness (QED) is 0.799. The van der Waals surface area contributed by atoms with E-state index in [1.165, 1.54) is 11.0 Å². The predicted octanol–water partition coefficient (Wildman–Crippen LogP) is 0.0440. The first kappa shape index (κ1) is 14.5. The van der Waals surface area contributed by atoms with Gasteiger partial charge in [0, 0.05) is 12.6 Å². The Morgan fingerprint density at radius 1 is 1.40 bits per heavy atom. The van der Waals surface area contributed by atoms with Crippen molar-refractivity contribution >= 4 is 11.8 Å². The third kappa shape index (κ3) is 3.54. The molecule has 20 heavy (non-hydrogen) atoms. The molecule has 6 heteroatoms. The molecule has 0 bridgehead atoms. The average Bonchev–Trinajstić information content (AvgIpc) is 2.92. The molecule has 0 aromatic heterocycles. The molecule has 1 aromatic rings. The van der Waals surface area contributed by atoms with Gasteiger partial charge in [0.25, 0.3) is 0 Å². The van der Waals surface area contributed by atoms with Gasteiger partial charge in [-0.2, -0.15) is 0 Å². The standard InChI is InChI=1S/C14H18FN3O2/c15-12-4-2-1-3-10(12)7-14(20)18(9-13(16)19)11-5-6-17-8-11/h1-4,11,17H,5-9H2,(H2,16,19). The van der Waals surface area contributed by atoms with Gasteiger partial charge in [-0.15, -0.1) is 0 Å². The number of primary amides is 1. The van der Waals surface area contributed by atoms with Crippen LogP contribution in [-0.2, 0) is 16.0 Å². The summed E-state index contributed by atoms with van der Waals surface area (Å²) >= 11 is 0. The molecule has 1 saturated heterocycles. The van der Waals surface area contributed by atoms with Crippen LogP contribution >= 0.6 is 0 Å². The highest BCUT2D eigenvalue weighted by atomic mass is 19.1. The summed E-state index contributed by atoms with van der Waals surface area (Å²) in [4.78, 5) is 24.9. The van der Waals surface area contributed by atoms with Crippen molar-refractivity contribution in [2.24, 2.45) is 5.73 Å². The number of nitrogens with one attached hydrogen (secondary N) is 1. The molecule has 1 atom stereocenters. The second kappa shape index (κ2) is 6.47. The number of amides is 2. The van der Waals surface area contributed by atoms with Gasteiger partial charge in [0.15, 0.2) is 0 Å². The predicted molar refractivity (Wildman–Crippen MR) is 72.3 cm³/mol. The average molecular weight is 279 g/mol. The fourth-order valence-corrected chi connectivity index (χ4v) is 2.40. The number of benzene rings is 1. The van der Waals surface area contributed by atoms with Crippen LogP contribution in [0.1, 0.15) is 12.0 Å². The van der Waals surface area contributed by atoms with Gasteiger partial charge in [-0.1, -0.05) is 18.2 Å². The lowest BCUT2D eigenvalue weighted by Gasteiger charge is -2.27. The van der Waals surface area contributed by atoms with E-state index in [9.17, 15) is 14.0 Å². The normalized spacial score (nSPS) is 17.9. The van der Waals surface area contributed by atoms with Gasteiger partial charge in [-0.25, -0.2) is 4.39 Å². The fraction of sp³-hybridized carbons (Fsp3) is 0.429. The third-order valence-electron chi connectivity index (χ3n) is 3.42.